The van der Waals surface area contributed by atoms with Crippen LogP contribution in [0.2, 0.25) is 0 Å². The van der Waals surface area contributed by atoms with E-state index in [1.165, 1.54) is 0 Å². The maximum absolute atomic E-state index is 12.5. The molecule has 138 valence electrons. The molecule has 0 saturated carbocycles. The van der Waals surface area contributed by atoms with Gasteiger partial charge in [-0.25, -0.2) is 4.98 Å². The summed E-state index contributed by atoms with van der Waals surface area (Å²) in [6.07, 6.45) is 1.76. The van der Waals surface area contributed by atoms with Crippen LogP contribution in [-0.4, -0.2) is 63.2 Å². The fraction of sp³-hybridized carbons (Fsp3) is 0.368. The summed E-state index contributed by atoms with van der Waals surface area (Å²) in [6, 6.07) is 8.92. The first-order chi connectivity index (χ1) is 12.6. The van der Waals surface area contributed by atoms with Crippen molar-refractivity contribution in [2.24, 2.45) is 0 Å². The number of nitrogens with one attached hydrogen (secondary N) is 1. The zero-order valence-corrected chi connectivity index (χ0v) is 15.4. The summed E-state index contributed by atoms with van der Waals surface area (Å²) in [5.74, 6) is 0.916. The van der Waals surface area contributed by atoms with Crippen LogP contribution < -0.4 is 19.7 Å². The van der Waals surface area contributed by atoms with Crippen molar-refractivity contribution in [1.29, 1.82) is 0 Å². The SMILES string of the molecule is COc1ccc(NC(=O)c2ccc(N3CCN(C)CC3)cn2)c(OC)c1. The van der Waals surface area contributed by atoms with E-state index < -0.39 is 0 Å². The third kappa shape index (κ3) is 4.05. The molecule has 0 bridgehead atoms. The lowest BCUT2D eigenvalue weighted by atomic mass is 10.2. The third-order valence-corrected chi connectivity index (χ3v) is 4.51. The number of amides is 1. The van der Waals surface area contributed by atoms with E-state index in [4.69, 9.17) is 9.47 Å². The predicted molar refractivity (Wildman–Crippen MR) is 101 cm³/mol. The lowest BCUT2D eigenvalue weighted by Gasteiger charge is -2.33. The van der Waals surface area contributed by atoms with E-state index in [0.29, 0.717) is 22.9 Å². The number of benzene rings is 1. The molecule has 26 heavy (non-hydrogen) atoms. The molecule has 0 atom stereocenters. The highest BCUT2D eigenvalue weighted by Crippen LogP contribution is 2.29. The van der Waals surface area contributed by atoms with Gasteiger partial charge in [-0.3, -0.25) is 4.79 Å². The van der Waals surface area contributed by atoms with Gasteiger partial charge in [0, 0.05) is 32.2 Å². The van der Waals surface area contributed by atoms with Gasteiger partial charge in [-0.1, -0.05) is 0 Å². The highest BCUT2D eigenvalue weighted by atomic mass is 16.5. The van der Waals surface area contributed by atoms with Gasteiger partial charge < -0.3 is 24.6 Å². The maximum Gasteiger partial charge on any atom is 0.274 e. The highest BCUT2D eigenvalue weighted by Gasteiger charge is 2.16. The molecule has 3 rings (SSSR count). The van der Waals surface area contributed by atoms with E-state index >= 15 is 0 Å². The Kier molecular flexibility index (Phi) is 5.58. The number of rotatable bonds is 5. The molecule has 1 aliphatic rings. The molecular formula is C19H24N4O3. The Hall–Kier alpha value is -2.80. The monoisotopic (exact) mass is 356 g/mol. The van der Waals surface area contributed by atoms with Crippen molar-refractivity contribution in [2.45, 2.75) is 0 Å². The molecule has 0 unspecified atom stereocenters. The van der Waals surface area contributed by atoms with Gasteiger partial charge in [0.05, 0.1) is 31.8 Å². The maximum atomic E-state index is 12.5. The molecule has 1 aliphatic heterocycles. The van der Waals surface area contributed by atoms with Crippen molar-refractivity contribution in [3.05, 3.63) is 42.2 Å². The number of nitrogens with zero attached hydrogens (tertiary/aromatic N) is 3. The molecule has 7 heteroatoms. The van der Waals surface area contributed by atoms with Crippen LogP contribution in [0.1, 0.15) is 10.5 Å². The van der Waals surface area contributed by atoms with E-state index in [-0.39, 0.29) is 5.91 Å². The van der Waals surface area contributed by atoms with E-state index in [0.717, 1.165) is 31.9 Å². The number of aromatic nitrogens is 1. The van der Waals surface area contributed by atoms with Crippen molar-refractivity contribution in [3.63, 3.8) is 0 Å². The minimum atomic E-state index is -0.279. The molecule has 2 aromatic rings. The van der Waals surface area contributed by atoms with Crippen LogP contribution in [0, 0.1) is 0 Å². The molecule has 1 aromatic heterocycles. The van der Waals surface area contributed by atoms with Crippen molar-refractivity contribution in [2.75, 3.05) is 57.7 Å². The first kappa shape index (κ1) is 18.0. The number of likely N-dealkylation sites (N-methyl/N-ethyl adjacent to an activating group) is 1. The number of ether oxygens (including phenoxy) is 2. The lowest BCUT2D eigenvalue weighted by molar-refractivity contribution is 0.102. The highest BCUT2D eigenvalue weighted by molar-refractivity contribution is 6.03. The first-order valence-electron chi connectivity index (χ1n) is 8.53. The average Bonchev–Trinajstić information content (AvgIpc) is 2.69. The number of carbonyl (C=O) groups is 1. The predicted octanol–water partition coefficient (Wildman–Crippen LogP) is 2.10. The Morgan fingerprint density at radius 2 is 1.85 bits per heavy atom. The molecule has 1 aromatic carbocycles. The second-order valence-corrected chi connectivity index (χ2v) is 6.21. The number of piperazine rings is 1. The summed E-state index contributed by atoms with van der Waals surface area (Å²) in [5, 5.41) is 2.83. The smallest absolute Gasteiger partial charge is 0.274 e. The average molecular weight is 356 g/mol. The quantitative estimate of drug-likeness (QED) is 0.885. The molecule has 1 saturated heterocycles. The Balaban J connectivity index is 1.69. The Labute approximate surface area is 153 Å². The van der Waals surface area contributed by atoms with Crippen molar-refractivity contribution in [1.82, 2.24) is 9.88 Å². The molecule has 7 nitrogen and oxygen atoms in total. The largest absolute Gasteiger partial charge is 0.497 e. The van der Waals surface area contributed by atoms with Crippen molar-refractivity contribution >= 4 is 17.3 Å². The summed E-state index contributed by atoms with van der Waals surface area (Å²) < 4.78 is 10.5. The van der Waals surface area contributed by atoms with Crippen LogP contribution in [0.25, 0.3) is 0 Å². The third-order valence-electron chi connectivity index (χ3n) is 4.51. The van der Waals surface area contributed by atoms with E-state index in [2.05, 4.69) is 27.1 Å². The Morgan fingerprint density at radius 1 is 1.08 bits per heavy atom. The van der Waals surface area contributed by atoms with Gasteiger partial charge in [0.25, 0.3) is 5.91 Å². The lowest BCUT2D eigenvalue weighted by Crippen LogP contribution is -2.44. The summed E-state index contributed by atoms with van der Waals surface area (Å²) in [7, 11) is 5.25. The van der Waals surface area contributed by atoms with Gasteiger partial charge in [-0.05, 0) is 31.3 Å². The second-order valence-electron chi connectivity index (χ2n) is 6.21. The number of pyridine rings is 1. The number of anilines is 2. The molecule has 1 fully saturated rings. The van der Waals surface area contributed by atoms with Crippen LogP contribution in [0.15, 0.2) is 36.5 Å². The van der Waals surface area contributed by atoms with Gasteiger partial charge in [0.2, 0.25) is 0 Å². The molecular weight excluding hydrogens is 332 g/mol. The Bertz CT molecular complexity index is 756. The van der Waals surface area contributed by atoms with Crippen LogP contribution in [0.3, 0.4) is 0 Å². The molecule has 2 heterocycles. The number of hydrogen-bond donors (Lipinski definition) is 1. The summed E-state index contributed by atoms with van der Waals surface area (Å²) in [5.41, 5.74) is 1.97. The standard InChI is InChI=1S/C19H24N4O3/c1-22-8-10-23(11-9-22)14-4-6-17(20-13-14)19(24)21-16-7-5-15(25-2)12-18(16)26-3/h4-7,12-13H,8-11H2,1-3H3,(H,21,24). The second kappa shape index (κ2) is 8.05. The first-order valence-corrected chi connectivity index (χ1v) is 8.53. The normalized spacial score (nSPS) is 14.8. The molecule has 0 aliphatic carbocycles. The zero-order valence-electron chi connectivity index (χ0n) is 15.4. The summed E-state index contributed by atoms with van der Waals surface area (Å²) in [6.45, 7) is 3.98. The molecule has 1 amide bonds. The van der Waals surface area contributed by atoms with Crippen LogP contribution in [0.5, 0.6) is 11.5 Å². The topological polar surface area (TPSA) is 66.9 Å². The number of hydrogen-bond acceptors (Lipinski definition) is 6. The van der Waals surface area contributed by atoms with Crippen LogP contribution >= 0.6 is 0 Å². The summed E-state index contributed by atoms with van der Waals surface area (Å²) in [4.78, 5) is 21.4. The molecule has 1 N–H and O–H groups in total. The van der Waals surface area contributed by atoms with E-state index in [1.807, 2.05) is 6.07 Å². The number of carbonyl (C=O) groups excluding carboxylic acids is 1. The van der Waals surface area contributed by atoms with E-state index in [1.54, 1.807) is 44.7 Å². The van der Waals surface area contributed by atoms with Gasteiger partial charge in [-0.15, -0.1) is 0 Å². The van der Waals surface area contributed by atoms with Gasteiger partial charge in [0.1, 0.15) is 17.2 Å². The fourth-order valence-electron chi connectivity index (χ4n) is 2.86. The van der Waals surface area contributed by atoms with E-state index in [9.17, 15) is 4.79 Å². The minimum Gasteiger partial charge on any atom is -0.497 e. The zero-order chi connectivity index (χ0) is 18.5. The van der Waals surface area contributed by atoms with Crippen LogP contribution in [0.4, 0.5) is 11.4 Å². The van der Waals surface area contributed by atoms with Crippen molar-refractivity contribution in [3.8, 4) is 11.5 Å². The molecule has 0 spiro atoms. The number of methoxy groups -OCH3 is 2. The van der Waals surface area contributed by atoms with Gasteiger partial charge >= 0.3 is 0 Å². The van der Waals surface area contributed by atoms with Gasteiger partial charge in [-0.2, -0.15) is 0 Å². The van der Waals surface area contributed by atoms with Crippen molar-refractivity contribution < 1.29 is 14.3 Å². The Morgan fingerprint density at radius 3 is 2.46 bits per heavy atom. The summed E-state index contributed by atoms with van der Waals surface area (Å²) >= 11 is 0. The fourth-order valence-corrected chi connectivity index (χ4v) is 2.86. The molecule has 0 radical (unpaired) electrons. The van der Waals surface area contributed by atoms with Crippen LogP contribution in [-0.2, 0) is 0 Å². The minimum absolute atomic E-state index is 0.279. The van der Waals surface area contributed by atoms with Gasteiger partial charge in [0.15, 0.2) is 0 Å².